The molecule has 0 radical (unpaired) electrons. The van der Waals surface area contributed by atoms with Crippen LogP contribution in [0, 0.1) is 20.8 Å². The highest BCUT2D eigenvalue weighted by molar-refractivity contribution is 6.90. The van der Waals surface area contributed by atoms with Gasteiger partial charge in [0, 0.05) is 100.0 Å². The fraction of sp³-hybridized carbons (Fsp3) is 0.125. The predicted octanol–water partition coefficient (Wildman–Crippen LogP) is 34.4. The maximum Gasteiger partial charge on any atom is 0.0809 e. The molecule has 20 aromatic carbocycles. The molecule has 0 atom stereocenters. The van der Waals surface area contributed by atoms with Crippen LogP contribution in [0.3, 0.4) is 0 Å². The lowest BCUT2D eigenvalue weighted by Gasteiger charge is -2.29. The van der Waals surface area contributed by atoms with E-state index in [1.807, 2.05) is 0 Å². The van der Waals surface area contributed by atoms with Gasteiger partial charge in [-0.1, -0.05) is 377 Å². The van der Waals surface area contributed by atoms with E-state index < -0.39 is 32.3 Å². The lowest BCUT2D eigenvalue weighted by Crippen LogP contribution is -2.41. The van der Waals surface area contributed by atoms with Crippen LogP contribution in [0.1, 0.15) is 22.3 Å². The molecule has 6 nitrogen and oxygen atoms in total. The smallest absolute Gasteiger partial charge is 0.0809 e. The number of anilines is 12. The zero-order valence-electron chi connectivity index (χ0n) is 81.5. The number of rotatable bonds is 23. The topological polar surface area (TPSA) is 22.8 Å². The molecule has 10 heteroatoms. The zero-order valence-corrected chi connectivity index (χ0v) is 85.5. The van der Waals surface area contributed by atoms with Crippen molar-refractivity contribution in [1.29, 1.82) is 0 Å². The molecule has 2 heterocycles. The van der Waals surface area contributed by atoms with Crippen molar-refractivity contribution in [2.75, 3.05) is 19.6 Å². The Morgan fingerprint density at radius 1 is 0.203 bits per heavy atom. The third kappa shape index (κ3) is 16.3. The second kappa shape index (κ2) is 35.3. The minimum atomic E-state index is -2.15. The van der Waals surface area contributed by atoms with Crippen molar-refractivity contribution in [3.63, 3.8) is 0 Å². The second-order valence-electron chi connectivity index (χ2n) is 41.7. The van der Waals surface area contributed by atoms with Crippen LogP contribution in [0.15, 0.2) is 425 Å². The molecule has 138 heavy (non-hydrogen) atoms. The maximum atomic E-state index is 2.58. The van der Waals surface area contributed by atoms with Crippen LogP contribution in [0.25, 0.3) is 120 Å². The summed E-state index contributed by atoms with van der Waals surface area (Å²) in [7, 11) is -7.12. The number of benzene rings is 20. The first-order valence-corrected chi connectivity index (χ1v) is 62.6. The largest absolute Gasteiger partial charge is 0.310 e. The second-order valence-corrected chi connectivity index (χ2v) is 61.8. The summed E-state index contributed by atoms with van der Waals surface area (Å²) < 4.78 is 5.16. The van der Waals surface area contributed by atoms with E-state index in [-0.39, 0.29) is 0 Å². The Balaban J connectivity index is 0.658. The average molecular weight is 1850 g/mol. The van der Waals surface area contributed by atoms with E-state index in [9.17, 15) is 0 Å². The van der Waals surface area contributed by atoms with Gasteiger partial charge in [0.05, 0.1) is 77.1 Å². The van der Waals surface area contributed by atoms with Crippen molar-refractivity contribution in [3.8, 4) is 33.6 Å². The number of fused-ring (bicyclic) bond motifs is 14. The Bertz CT molecular complexity index is 8420. The monoisotopic (exact) mass is 1850 g/mol. The molecule has 0 aliphatic heterocycles. The minimum absolute atomic E-state index is 0.945. The van der Waals surface area contributed by atoms with Gasteiger partial charge in [-0.3, -0.25) is 0 Å². The third-order valence-corrected chi connectivity index (χ3v) is 38.4. The average Bonchev–Trinajstić information content (AvgIpc) is 1.54. The maximum absolute atomic E-state index is 2.58. The van der Waals surface area contributed by atoms with Crippen molar-refractivity contribution in [2.45, 2.75) is 105 Å². The van der Waals surface area contributed by atoms with Crippen LogP contribution >= 0.6 is 0 Å². The Labute approximate surface area is 816 Å². The molecule has 22 aromatic rings. The highest BCUT2D eigenvalue weighted by Gasteiger charge is 2.33. The Hall–Kier alpha value is -14.9. The highest BCUT2D eigenvalue weighted by Crippen LogP contribution is 2.54. The SMILES string of the molecule is Cc1ccc(N(c2ccc([Si](C)(C)C)cc2)c2cc3c(c4ccccc24)c2c4ccccc4c(N(c4ccc(CC[Si](C)(C)c5ccc(N(c6cccc(C)c6)c6cc7c(c8ccccc68)c6c8ccccc8c(N(c8ccc([Si](C)(C)C)cc8)c8cccc(C)c8)cc6n7-c6cccc(-c7ccccc7)c6)cc5)cc4)c4ccc([Si](C)(C)C)cc4)cc2n3-c2cccc(-c3ccccc3)c2)cc1. The van der Waals surface area contributed by atoms with Crippen molar-refractivity contribution >= 4 is 208 Å². The number of hydrogen-bond acceptors (Lipinski definition) is 4. The zero-order chi connectivity index (χ0) is 94.6. The fourth-order valence-electron chi connectivity index (χ4n) is 21.3. The highest BCUT2D eigenvalue weighted by atomic mass is 28.3. The molecule has 0 N–H and O–H groups in total. The van der Waals surface area contributed by atoms with Gasteiger partial charge >= 0.3 is 0 Å². The van der Waals surface area contributed by atoms with Gasteiger partial charge in [0.2, 0.25) is 0 Å². The molecular formula is C128H116N6Si4. The lowest BCUT2D eigenvalue weighted by atomic mass is 9.96. The Morgan fingerprint density at radius 3 is 0.768 bits per heavy atom. The van der Waals surface area contributed by atoms with E-state index in [2.05, 4.69) is 546 Å². The molecule has 0 aliphatic rings. The van der Waals surface area contributed by atoms with Gasteiger partial charge in [-0.2, -0.15) is 0 Å². The summed E-state index contributed by atoms with van der Waals surface area (Å²) in [5, 5.41) is 20.2. The van der Waals surface area contributed by atoms with E-state index in [1.165, 1.54) is 119 Å². The quantitative estimate of drug-likeness (QED) is 0.0595. The molecule has 2 aromatic heterocycles. The molecule has 0 bridgehead atoms. The van der Waals surface area contributed by atoms with Crippen LogP contribution < -0.4 is 40.3 Å². The van der Waals surface area contributed by atoms with Gasteiger partial charge in [-0.05, 0) is 239 Å². The summed E-state index contributed by atoms with van der Waals surface area (Å²) in [5.41, 5.74) is 29.8. The molecule has 674 valence electrons. The van der Waals surface area contributed by atoms with E-state index in [0.29, 0.717) is 0 Å². The minimum Gasteiger partial charge on any atom is -0.310 e. The first kappa shape index (κ1) is 88.4. The van der Waals surface area contributed by atoms with Crippen molar-refractivity contribution < 1.29 is 0 Å². The summed E-state index contributed by atoms with van der Waals surface area (Å²) >= 11 is 0. The van der Waals surface area contributed by atoms with E-state index in [4.69, 9.17) is 0 Å². The van der Waals surface area contributed by atoms with Gasteiger partial charge < -0.3 is 28.7 Å². The third-order valence-electron chi connectivity index (χ3n) is 28.8. The summed E-state index contributed by atoms with van der Waals surface area (Å²) in [6.07, 6.45) is 0.945. The number of hydrogen-bond donors (Lipinski definition) is 0. The van der Waals surface area contributed by atoms with Crippen LogP contribution in [0.5, 0.6) is 0 Å². The fourth-order valence-corrected chi connectivity index (χ4v) is 27.1. The van der Waals surface area contributed by atoms with Gasteiger partial charge in [0.25, 0.3) is 0 Å². The van der Waals surface area contributed by atoms with Gasteiger partial charge in [-0.15, -0.1) is 0 Å². The molecule has 22 rings (SSSR count). The summed E-state index contributed by atoms with van der Waals surface area (Å²) in [6, 6.07) is 163. The Kier molecular flexibility index (Phi) is 22.6. The number of nitrogens with zero attached hydrogens (tertiary/aromatic N) is 6. The van der Waals surface area contributed by atoms with Crippen LogP contribution in [-0.2, 0) is 6.42 Å². The predicted molar refractivity (Wildman–Crippen MR) is 610 cm³/mol. The molecule has 0 unspecified atom stereocenters. The summed E-state index contributed by atoms with van der Waals surface area (Å²) in [6.45, 7) is 33.7. The molecule has 0 saturated carbocycles. The van der Waals surface area contributed by atoms with Crippen LogP contribution in [0.2, 0.25) is 78.1 Å². The van der Waals surface area contributed by atoms with Gasteiger partial charge in [0.1, 0.15) is 0 Å². The van der Waals surface area contributed by atoms with E-state index in [0.717, 1.165) is 125 Å². The van der Waals surface area contributed by atoms with Crippen LogP contribution in [-0.4, -0.2) is 41.4 Å². The van der Waals surface area contributed by atoms with Crippen molar-refractivity contribution in [1.82, 2.24) is 9.13 Å². The molecular weight excluding hydrogens is 1730 g/mol. The molecule has 0 spiro atoms. The lowest BCUT2D eigenvalue weighted by molar-refractivity contribution is 1.10. The standard InChI is InChI=1S/C128H116N6Si4/c1-87-53-57-95(58-54-87)129(97-61-69-105(70-62-97)135(4,5)6)117-83-121-125(113-49-25-21-45-109(113)117)126-114-50-26-22-46-110(114)118(84-122(126)133(121)103-43-31-39-93(81-103)91-35-17-15-18-36-91)130(98-63-71-106(72-64-98)136(7,8)9)96-59-55-90(56-60-96)77-78-138(13,14)108-75-67-100(68-76-108)132(102-42-30-34-89(3)80-102)120-86-124-128(116-52-28-24-48-112(116)120)127-115-51-27-23-47-111(115)119(85-123(127)134(124)104-44-32-40-94(82-104)92-37-19-16-20-38-92)131(101-41-29-33-88(2)79-101)99-65-73-107(74-66-99)137(10,11)12/h15-76,79-86H,77-78H2,1-14H3. The summed E-state index contributed by atoms with van der Waals surface area (Å²) in [5.74, 6) is 0. The normalized spacial score (nSPS) is 12.2. The number of aryl methyl sites for hydroxylation is 4. The molecule has 0 saturated heterocycles. The first-order valence-electron chi connectivity index (χ1n) is 48.9. The molecule has 0 amide bonds. The van der Waals surface area contributed by atoms with Gasteiger partial charge in [-0.25, -0.2) is 0 Å². The van der Waals surface area contributed by atoms with Crippen molar-refractivity contribution in [2.24, 2.45) is 0 Å². The first-order chi connectivity index (χ1) is 66.8. The van der Waals surface area contributed by atoms with Gasteiger partial charge in [0.15, 0.2) is 0 Å². The van der Waals surface area contributed by atoms with E-state index >= 15 is 0 Å². The van der Waals surface area contributed by atoms with E-state index in [1.54, 1.807) is 0 Å². The molecule has 0 aliphatic carbocycles. The van der Waals surface area contributed by atoms with Crippen molar-refractivity contribution in [3.05, 3.63) is 447 Å². The molecule has 0 fully saturated rings. The number of aromatic nitrogens is 2. The summed E-state index contributed by atoms with van der Waals surface area (Å²) in [4.78, 5) is 10.1. The Morgan fingerprint density at radius 2 is 0.464 bits per heavy atom. The van der Waals surface area contributed by atoms with Crippen LogP contribution in [0.4, 0.5) is 68.2 Å².